The molecule has 1 aromatic carbocycles. The van der Waals surface area contributed by atoms with Gasteiger partial charge in [-0.2, -0.15) is 4.98 Å². The first-order valence-electron chi connectivity index (χ1n) is 7.85. The highest BCUT2D eigenvalue weighted by atomic mass is 32.2. The van der Waals surface area contributed by atoms with Crippen LogP contribution in [0.2, 0.25) is 0 Å². The third-order valence-corrected chi connectivity index (χ3v) is 4.35. The summed E-state index contributed by atoms with van der Waals surface area (Å²) in [5.41, 5.74) is 2.90. The molecule has 0 fully saturated rings. The van der Waals surface area contributed by atoms with E-state index in [1.807, 2.05) is 49.4 Å². The maximum absolute atomic E-state index is 11.8. The standard InChI is InChI=1S/C18H18N4O2S/c1-13-5-7-14(8-6-13)18-21-16(22-24-18)11-25-12-17(23)20-10-15-4-2-3-9-19-15/h2-9H,10-12H2,1H3,(H,20,23). The van der Waals surface area contributed by atoms with E-state index < -0.39 is 0 Å². The van der Waals surface area contributed by atoms with E-state index in [1.165, 1.54) is 17.3 Å². The Labute approximate surface area is 150 Å². The zero-order valence-electron chi connectivity index (χ0n) is 13.8. The number of carbonyl (C=O) groups excluding carboxylic acids is 1. The number of aryl methyl sites for hydroxylation is 1. The summed E-state index contributed by atoms with van der Waals surface area (Å²) < 4.78 is 5.27. The summed E-state index contributed by atoms with van der Waals surface area (Å²) in [6.45, 7) is 2.46. The molecule has 0 radical (unpaired) electrons. The fourth-order valence-electron chi connectivity index (χ4n) is 2.10. The van der Waals surface area contributed by atoms with Gasteiger partial charge in [0.05, 0.1) is 23.7 Å². The van der Waals surface area contributed by atoms with Crippen LogP contribution in [0.15, 0.2) is 53.2 Å². The number of nitrogens with zero attached hydrogens (tertiary/aromatic N) is 3. The lowest BCUT2D eigenvalue weighted by Gasteiger charge is -2.03. The Morgan fingerprint density at radius 2 is 2.04 bits per heavy atom. The van der Waals surface area contributed by atoms with Crippen LogP contribution < -0.4 is 5.32 Å². The zero-order valence-corrected chi connectivity index (χ0v) is 14.6. The summed E-state index contributed by atoms with van der Waals surface area (Å²) in [5, 5.41) is 6.79. The van der Waals surface area contributed by atoms with Gasteiger partial charge in [0.25, 0.3) is 5.89 Å². The Bertz CT molecular complexity index is 819. The monoisotopic (exact) mass is 354 g/mol. The van der Waals surface area contributed by atoms with Crippen LogP contribution >= 0.6 is 11.8 Å². The van der Waals surface area contributed by atoms with Crippen molar-refractivity contribution in [2.75, 3.05) is 5.75 Å². The van der Waals surface area contributed by atoms with E-state index in [9.17, 15) is 4.79 Å². The molecular weight excluding hydrogens is 336 g/mol. The van der Waals surface area contributed by atoms with Crippen molar-refractivity contribution in [3.8, 4) is 11.5 Å². The van der Waals surface area contributed by atoms with E-state index in [-0.39, 0.29) is 5.91 Å². The average molecular weight is 354 g/mol. The second-order valence-corrected chi connectivity index (χ2v) is 6.46. The number of benzene rings is 1. The number of hydrogen-bond donors (Lipinski definition) is 1. The zero-order chi connectivity index (χ0) is 17.5. The molecule has 0 aliphatic carbocycles. The Morgan fingerprint density at radius 1 is 1.20 bits per heavy atom. The van der Waals surface area contributed by atoms with Crippen LogP contribution in [-0.2, 0) is 17.1 Å². The third kappa shape index (κ3) is 5.15. The summed E-state index contributed by atoms with van der Waals surface area (Å²) >= 11 is 1.44. The minimum Gasteiger partial charge on any atom is -0.350 e. The number of nitrogens with one attached hydrogen (secondary N) is 1. The largest absolute Gasteiger partial charge is 0.350 e. The SMILES string of the molecule is Cc1ccc(-c2nc(CSCC(=O)NCc3ccccn3)no2)cc1. The number of rotatable bonds is 7. The van der Waals surface area contributed by atoms with Gasteiger partial charge < -0.3 is 9.84 Å². The lowest BCUT2D eigenvalue weighted by molar-refractivity contribution is -0.118. The predicted octanol–water partition coefficient (Wildman–Crippen LogP) is 2.99. The minimum absolute atomic E-state index is 0.0436. The molecule has 0 bridgehead atoms. The van der Waals surface area contributed by atoms with Crippen LogP contribution in [0.25, 0.3) is 11.5 Å². The van der Waals surface area contributed by atoms with Crippen molar-refractivity contribution >= 4 is 17.7 Å². The quantitative estimate of drug-likeness (QED) is 0.702. The predicted molar refractivity (Wildman–Crippen MR) is 96.7 cm³/mol. The molecule has 128 valence electrons. The van der Waals surface area contributed by atoms with Gasteiger partial charge in [0, 0.05) is 11.8 Å². The summed E-state index contributed by atoms with van der Waals surface area (Å²) in [6.07, 6.45) is 1.71. The van der Waals surface area contributed by atoms with Gasteiger partial charge in [-0.1, -0.05) is 28.9 Å². The topological polar surface area (TPSA) is 80.9 Å². The van der Waals surface area contributed by atoms with Crippen molar-refractivity contribution in [3.05, 3.63) is 65.7 Å². The van der Waals surface area contributed by atoms with E-state index in [0.717, 1.165) is 11.3 Å². The van der Waals surface area contributed by atoms with E-state index in [4.69, 9.17) is 4.52 Å². The van der Waals surface area contributed by atoms with Crippen molar-refractivity contribution in [2.24, 2.45) is 0 Å². The molecule has 2 aromatic heterocycles. The molecule has 0 aliphatic rings. The van der Waals surface area contributed by atoms with Gasteiger partial charge in [-0.15, -0.1) is 11.8 Å². The first-order chi connectivity index (χ1) is 12.2. The minimum atomic E-state index is -0.0436. The van der Waals surface area contributed by atoms with Crippen LogP contribution in [0.5, 0.6) is 0 Å². The molecule has 0 saturated carbocycles. The molecule has 7 heteroatoms. The molecule has 1 amide bonds. The molecule has 6 nitrogen and oxygen atoms in total. The smallest absolute Gasteiger partial charge is 0.257 e. The van der Waals surface area contributed by atoms with E-state index >= 15 is 0 Å². The molecule has 3 rings (SSSR count). The highest BCUT2D eigenvalue weighted by Crippen LogP contribution is 2.19. The van der Waals surface area contributed by atoms with E-state index in [1.54, 1.807) is 6.20 Å². The Kier molecular flexibility index (Phi) is 5.79. The van der Waals surface area contributed by atoms with Crippen molar-refractivity contribution in [2.45, 2.75) is 19.2 Å². The van der Waals surface area contributed by atoms with Crippen molar-refractivity contribution < 1.29 is 9.32 Å². The fourth-order valence-corrected chi connectivity index (χ4v) is 2.79. The Morgan fingerprint density at radius 3 is 2.80 bits per heavy atom. The third-order valence-electron chi connectivity index (χ3n) is 3.42. The number of thioether (sulfide) groups is 1. The summed E-state index contributed by atoms with van der Waals surface area (Å²) in [5.74, 6) is 1.89. The van der Waals surface area contributed by atoms with Crippen molar-refractivity contribution in [1.29, 1.82) is 0 Å². The maximum Gasteiger partial charge on any atom is 0.257 e. The van der Waals surface area contributed by atoms with E-state index in [0.29, 0.717) is 29.8 Å². The second kappa shape index (κ2) is 8.43. The van der Waals surface area contributed by atoms with Gasteiger partial charge in [0.1, 0.15) is 0 Å². The van der Waals surface area contributed by atoms with Gasteiger partial charge in [-0.25, -0.2) is 0 Å². The summed E-state index contributed by atoms with van der Waals surface area (Å²) in [4.78, 5) is 20.4. The molecule has 1 N–H and O–H groups in total. The van der Waals surface area contributed by atoms with Crippen LogP contribution in [0.4, 0.5) is 0 Å². The number of carbonyl (C=O) groups is 1. The summed E-state index contributed by atoms with van der Waals surface area (Å²) in [7, 11) is 0. The van der Waals surface area contributed by atoms with Gasteiger partial charge in [0.15, 0.2) is 5.82 Å². The van der Waals surface area contributed by atoms with Crippen molar-refractivity contribution in [1.82, 2.24) is 20.4 Å². The van der Waals surface area contributed by atoms with Gasteiger partial charge in [0.2, 0.25) is 5.91 Å². The van der Waals surface area contributed by atoms with E-state index in [2.05, 4.69) is 20.4 Å². The average Bonchev–Trinajstić information content (AvgIpc) is 3.10. The van der Waals surface area contributed by atoms with Crippen LogP contribution in [0.3, 0.4) is 0 Å². The lowest BCUT2D eigenvalue weighted by atomic mass is 10.1. The Balaban J connectivity index is 1.43. The molecule has 0 spiro atoms. The van der Waals surface area contributed by atoms with Gasteiger partial charge in [-0.3, -0.25) is 9.78 Å². The molecule has 0 aliphatic heterocycles. The molecular formula is C18H18N4O2S. The highest BCUT2D eigenvalue weighted by molar-refractivity contribution is 7.99. The van der Waals surface area contributed by atoms with Crippen LogP contribution in [-0.4, -0.2) is 26.8 Å². The first kappa shape index (κ1) is 17.2. The van der Waals surface area contributed by atoms with Crippen LogP contribution in [0, 0.1) is 6.92 Å². The second-order valence-electron chi connectivity index (χ2n) is 5.47. The molecule has 25 heavy (non-hydrogen) atoms. The molecule has 3 aromatic rings. The molecule has 0 atom stereocenters. The Hall–Kier alpha value is -2.67. The maximum atomic E-state index is 11.8. The van der Waals surface area contributed by atoms with Crippen molar-refractivity contribution in [3.63, 3.8) is 0 Å². The van der Waals surface area contributed by atoms with Gasteiger partial charge in [-0.05, 0) is 31.2 Å². The van der Waals surface area contributed by atoms with Crippen LogP contribution in [0.1, 0.15) is 17.1 Å². The number of hydrogen-bond acceptors (Lipinski definition) is 6. The molecule has 2 heterocycles. The lowest BCUT2D eigenvalue weighted by Crippen LogP contribution is -2.25. The fraction of sp³-hybridized carbons (Fsp3) is 0.222. The number of aromatic nitrogens is 3. The number of amides is 1. The normalized spacial score (nSPS) is 10.6. The molecule has 0 saturated heterocycles. The highest BCUT2D eigenvalue weighted by Gasteiger charge is 2.10. The van der Waals surface area contributed by atoms with Gasteiger partial charge >= 0.3 is 0 Å². The summed E-state index contributed by atoms with van der Waals surface area (Å²) in [6, 6.07) is 13.5. The number of pyridine rings is 1. The molecule has 0 unspecified atom stereocenters. The first-order valence-corrected chi connectivity index (χ1v) is 9.00.